The highest BCUT2D eigenvalue weighted by Gasteiger charge is 2.19. The summed E-state index contributed by atoms with van der Waals surface area (Å²) in [6, 6.07) is 19.6. The van der Waals surface area contributed by atoms with Crippen LogP contribution in [0.25, 0.3) is 22.2 Å². The Morgan fingerprint density at radius 1 is 0.970 bits per heavy atom. The van der Waals surface area contributed by atoms with Gasteiger partial charge in [0.25, 0.3) is 0 Å². The Labute approximate surface area is 193 Å². The quantitative estimate of drug-likeness (QED) is 0.470. The molecule has 5 nitrogen and oxygen atoms in total. The number of hydrogen-bond donors (Lipinski definition) is 2. The van der Waals surface area contributed by atoms with Crippen molar-refractivity contribution < 1.29 is 4.74 Å². The van der Waals surface area contributed by atoms with Gasteiger partial charge in [-0.1, -0.05) is 18.2 Å². The molecular formula is C28H28N4O. The second-order valence-electron chi connectivity index (χ2n) is 9.08. The summed E-state index contributed by atoms with van der Waals surface area (Å²) in [7, 11) is 0. The normalized spacial score (nSPS) is 16.5. The summed E-state index contributed by atoms with van der Waals surface area (Å²) in [5.74, 6) is 0.963. The zero-order valence-corrected chi connectivity index (χ0v) is 18.9. The van der Waals surface area contributed by atoms with Crippen molar-refractivity contribution in [3.8, 4) is 16.9 Å². The van der Waals surface area contributed by atoms with Gasteiger partial charge in [-0.25, -0.2) is 4.98 Å². The second kappa shape index (κ2) is 8.49. The summed E-state index contributed by atoms with van der Waals surface area (Å²) < 4.78 is 6.36. The van der Waals surface area contributed by atoms with E-state index < -0.39 is 0 Å². The minimum absolute atomic E-state index is 0.291. The minimum atomic E-state index is 0.291. The van der Waals surface area contributed by atoms with Crippen molar-refractivity contribution >= 4 is 16.7 Å². The Morgan fingerprint density at radius 2 is 1.88 bits per heavy atom. The summed E-state index contributed by atoms with van der Waals surface area (Å²) in [6.45, 7) is 5.00. The number of aromatic nitrogens is 2. The zero-order chi connectivity index (χ0) is 22.2. The Kier molecular flexibility index (Phi) is 5.19. The largest absolute Gasteiger partial charge is 0.490 e. The van der Waals surface area contributed by atoms with Crippen LogP contribution in [0.3, 0.4) is 0 Å². The number of H-pyrrole nitrogens is 1. The van der Waals surface area contributed by atoms with Crippen LogP contribution in [0.15, 0.2) is 65.8 Å². The highest BCUT2D eigenvalue weighted by Crippen LogP contribution is 2.31. The van der Waals surface area contributed by atoms with E-state index in [0.29, 0.717) is 6.10 Å². The number of aromatic amines is 1. The smallest absolute Gasteiger partial charge is 0.137 e. The minimum Gasteiger partial charge on any atom is -0.490 e. The predicted octanol–water partition coefficient (Wildman–Crippen LogP) is 5.06. The number of aliphatic imine (C=N–C) groups is 1. The van der Waals surface area contributed by atoms with E-state index in [-0.39, 0.29) is 0 Å². The van der Waals surface area contributed by atoms with Crippen LogP contribution < -0.4 is 10.1 Å². The Balaban J connectivity index is 1.36. The molecule has 0 unspecified atom stereocenters. The molecule has 0 bridgehead atoms. The molecule has 5 heteroatoms. The highest BCUT2D eigenvalue weighted by molar-refractivity contribution is 6.15. The van der Waals surface area contributed by atoms with Crippen LogP contribution in [-0.4, -0.2) is 41.4 Å². The molecule has 4 aromatic rings. The van der Waals surface area contributed by atoms with Crippen molar-refractivity contribution in [3.05, 3.63) is 83.2 Å². The molecule has 0 spiro atoms. The van der Waals surface area contributed by atoms with E-state index in [1.165, 1.54) is 27.8 Å². The van der Waals surface area contributed by atoms with Crippen LogP contribution >= 0.6 is 0 Å². The van der Waals surface area contributed by atoms with Crippen molar-refractivity contribution in [1.82, 2.24) is 15.3 Å². The molecule has 1 fully saturated rings. The van der Waals surface area contributed by atoms with Gasteiger partial charge in [0.15, 0.2) is 0 Å². The van der Waals surface area contributed by atoms with Gasteiger partial charge < -0.3 is 15.0 Å². The van der Waals surface area contributed by atoms with Crippen molar-refractivity contribution in [2.45, 2.75) is 32.3 Å². The van der Waals surface area contributed by atoms with Crippen LogP contribution in [0.2, 0.25) is 0 Å². The molecule has 0 amide bonds. The van der Waals surface area contributed by atoms with Crippen LogP contribution in [-0.2, 0) is 6.42 Å². The average Bonchev–Trinajstić information content (AvgIpc) is 3.28. The monoisotopic (exact) mass is 436 g/mol. The molecule has 2 aliphatic rings. The third-order valence-electron chi connectivity index (χ3n) is 6.64. The maximum atomic E-state index is 6.36. The maximum absolute atomic E-state index is 6.36. The number of fused-ring (bicyclic) bond motifs is 2. The summed E-state index contributed by atoms with van der Waals surface area (Å²) in [5, 5.41) is 4.51. The molecule has 6 rings (SSSR count). The molecule has 2 aromatic carbocycles. The molecule has 2 aliphatic heterocycles. The number of ether oxygens (including phenoxy) is 1. The molecule has 2 N–H and O–H groups in total. The number of aryl methyl sites for hydroxylation is 1. The van der Waals surface area contributed by atoms with Gasteiger partial charge in [0, 0.05) is 23.7 Å². The molecule has 0 aliphatic carbocycles. The fraction of sp³-hybridized carbons (Fsp3) is 0.286. The average molecular weight is 437 g/mol. The lowest BCUT2D eigenvalue weighted by Gasteiger charge is -2.24. The first-order chi connectivity index (χ1) is 16.2. The zero-order valence-electron chi connectivity index (χ0n) is 18.9. The van der Waals surface area contributed by atoms with Gasteiger partial charge >= 0.3 is 0 Å². The Morgan fingerprint density at radius 3 is 2.76 bits per heavy atom. The van der Waals surface area contributed by atoms with E-state index in [4.69, 9.17) is 9.73 Å². The molecule has 33 heavy (non-hydrogen) atoms. The molecule has 0 saturated carbocycles. The lowest BCUT2D eigenvalue weighted by Crippen LogP contribution is -2.34. The van der Waals surface area contributed by atoms with Gasteiger partial charge in [0.1, 0.15) is 17.5 Å². The number of nitrogens with zero attached hydrogens (tertiary/aromatic N) is 2. The summed E-state index contributed by atoms with van der Waals surface area (Å²) in [5.41, 5.74) is 9.08. The first-order valence-electron chi connectivity index (χ1n) is 11.8. The number of pyridine rings is 1. The number of piperidine rings is 1. The van der Waals surface area contributed by atoms with Gasteiger partial charge in [0.2, 0.25) is 0 Å². The van der Waals surface area contributed by atoms with Gasteiger partial charge in [-0.3, -0.25) is 4.99 Å². The van der Waals surface area contributed by atoms with Gasteiger partial charge in [-0.15, -0.1) is 0 Å². The molecule has 0 radical (unpaired) electrons. The Bertz CT molecular complexity index is 1310. The van der Waals surface area contributed by atoms with Crippen LogP contribution in [0.4, 0.5) is 0 Å². The summed E-state index contributed by atoms with van der Waals surface area (Å²) in [4.78, 5) is 12.8. The van der Waals surface area contributed by atoms with E-state index in [0.717, 1.165) is 67.1 Å². The third kappa shape index (κ3) is 4.05. The van der Waals surface area contributed by atoms with E-state index >= 15 is 0 Å². The second-order valence-corrected chi connectivity index (χ2v) is 9.08. The summed E-state index contributed by atoms with van der Waals surface area (Å²) in [6.07, 6.45) is 5.19. The summed E-state index contributed by atoms with van der Waals surface area (Å²) >= 11 is 0. The SMILES string of the molecule is Cc1cc(OC2CCNCC2)cc(-c2ccc3c(c2)C(c2cc4cccnc4[nH]2)=NCC3)c1. The van der Waals surface area contributed by atoms with Gasteiger partial charge in [-0.05, 0) is 97.9 Å². The van der Waals surface area contributed by atoms with Crippen LogP contribution in [0.1, 0.15) is 35.2 Å². The van der Waals surface area contributed by atoms with Crippen LogP contribution in [0, 0.1) is 6.92 Å². The van der Waals surface area contributed by atoms with Crippen molar-refractivity contribution in [3.63, 3.8) is 0 Å². The molecule has 0 atom stereocenters. The first-order valence-corrected chi connectivity index (χ1v) is 11.8. The standard InChI is InChI=1S/C28H28N4O/c1-18-13-22(15-24(14-18)33-23-7-10-29-11-8-23)20-5-4-19-6-12-30-27(25(19)16-20)26-17-21-3-2-9-31-28(21)32-26/h2-5,9,13-17,23,29H,6-8,10-12H2,1H3,(H,31,32). The van der Waals surface area contributed by atoms with E-state index in [2.05, 4.69) is 70.7 Å². The van der Waals surface area contributed by atoms with Crippen molar-refractivity contribution in [1.29, 1.82) is 0 Å². The van der Waals surface area contributed by atoms with Gasteiger partial charge in [0.05, 0.1) is 11.4 Å². The molecule has 2 aromatic heterocycles. The fourth-order valence-electron chi connectivity index (χ4n) is 4.97. The molecular weight excluding hydrogens is 408 g/mol. The third-order valence-corrected chi connectivity index (χ3v) is 6.64. The predicted molar refractivity (Wildman–Crippen MR) is 133 cm³/mol. The van der Waals surface area contributed by atoms with Gasteiger partial charge in [-0.2, -0.15) is 0 Å². The highest BCUT2D eigenvalue weighted by atomic mass is 16.5. The molecule has 166 valence electrons. The topological polar surface area (TPSA) is 62.3 Å². The van der Waals surface area contributed by atoms with E-state index in [1.54, 1.807) is 0 Å². The lowest BCUT2D eigenvalue weighted by atomic mass is 9.91. The van der Waals surface area contributed by atoms with Crippen molar-refractivity contribution in [2.75, 3.05) is 19.6 Å². The number of hydrogen-bond acceptors (Lipinski definition) is 4. The fourth-order valence-corrected chi connectivity index (χ4v) is 4.97. The first kappa shape index (κ1) is 20.2. The molecule has 1 saturated heterocycles. The maximum Gasteiger partial charge on any atom is 0.137 e. The van der Waals surface area contributed by atoms with Crippen LogP contribution in [0.5, 0.6) is 5.75 Å². The number of rotatable bonds is 4. The van der Waals surface area contributed by atoms with Crippen molar-refractivity contribution in [2.24, 2.45) is 4.99 Å². The van der Waals surface area contributed by atoms with E-state index in [9.17, 15) is 0 Å². The Hall–Kier alpha value is -3.44. The molecule has 4 heterocycles. The van der Waals surface area contributed by atoms with E-state index in [1.807, 2.05) is 12.3 Å². The number of nitrogens with one attached hydrogen (secondary N) is 2. The number of benzene rings is 2. The lowest BCUT2D eigenvalue weighted by molar-refractivity contribution is 0.162.